The number of halogens is 1. The average molecular weight is 333 g/mol. The summed E-state index contributed by atoms with van der Waals surface area (Å²) >= 11 is 5.87. The van der Waals surface area contributed by atoms with Crippen LogP contribution in [0.1, 0.15) is 19.3 Å². The van der Waals surface area contributed by atoms with Crippen LogP contribution >= 0.6 is 11.6 Å². The summed E-state index contributed by atoms with van der Waals surface area (Å²) in [5, 5.41) is 0.149. The fourth-order valence-corrected chi connectivity index (χ4v) is 4.04. The fourth-order valence-electron chi connectivity index (χ4n) is 2.58. The maximum atomic E-state index is 12.6. The summed E-state index contributed by atoms with van der Waals surface area (Å²) < 4.78 is 26.6. The molecule has 6 nitrogen and oxygen atoms in total. The zero-order chi connectivity index (χ0) is 15.8. The van der Waals surface area contributed by atoms with Gasteiger partial charge in [0.2, 0.25) is 10.0 Å². The van der Waals surface area contributed by atoms with Gasteiger partial charge in [0.25, 0.3) is 0 Å². The summed E-state index contributed by atoms with van der Waals surface area (Å²) in [6.07, 6.45) is 4.37. The van der Waals surface area contributed by atoms with Crippen molar-refractivity contribution < 1.29 is 8.42 Å². The van der Waals surface area contributed by atoms with Gasteiger partial charge in [0.05, 0.1) is 5.02 Å². The molecule has 0 saturated heterocycles. The molecule has 0 amide bonds. The number of anilines is 1. The number of sulfonamides is 1. The van der Waals surface area contributed by atoms with E-state index in [2.05, 4.69) is 9.88 Å². The molecule has 2 rings (SSSR count). The minimum absolute atomic E-state index is 0.0671. The lowest BCUT2D eigenvalue weighted by Crippen LogP contribution is -2.57. The molecule has 0 aromatic carbocycles. The number of nitrogen functional groups attached to an aromatic ring is 1. The summed E-state index contributed by atoms with van der Waals surface area (Å²) in [5.41, 5.74) is 5.45. The van der Waals surface area contributed by atoms with Gasteiger partial charge in [-0.2, -0.15) is 4.31 Å². The number of aromatic nitrogens is 1. The van der Waals surface area contributed by atoms with Crippen molar-refractivity contribution in [1.82, 2.24) is 14.2 Å². The first-order valence-electron chi connectivity index (χ1n) is 6.74. The monoisotopic (exact) mass is 332 g/mol. The number of hydrogen-bond acceptors (Lipinski definition) is 5. The SMILES string of the molecule is CN(C)C1(CN(C)S(=O)(=O)c2cnc(N)c(Cl)c2)CCC1. The van der Waals surface area contributed by atoms with E-state index in [1.165, 1.54) is 16.6 Å². The molecule has 1 fully saturated rings. The Kier molecular flexibility index (Phi) is 4.49. The van der Waals surface area contributed by atoms with E-state index in [0.717, 1.165) is 19.3 Å². The normalized spacial score (nSPS) is 18.0. The summed E-state index contributed by atoms with van der Waals surface area (Å²) in [6.45, 7) is 0.449. The lowest BCUT2D eigenvalue weighted by molar-refractivity contribution is 0.0455. The zero-order valence-corrected chi connectivity index (χ0v) is 14.1. The van der Waals surface area contributed by atoms with Gasteiger partial charge in [-0.25, -0.2) is 13.4 Å². The van der Waals surface area contributed by atoms with Crippen molar-refractivity contribution >= 4 is 27.4 Å². The van der Waals surface area contributed by atoms with Crippen molar-refractivity contribution in [2.24, 2.45) is 0 Å². The Morgan fingerprint density at radius 2 is 2.00 bits per heavy atom. The molecule has 0 spiro atoms. The van der Waals surface area contributed by atoms with Crippen LogP contribution in [0.4, 0.5) is 5.82 Å². The van der Waals surface area contributed by atoms with Crippen LogP contribution in [0, 0.1) is 0 Å². The average Bonchev–Trinajstić information content (AvgIpc) is 2.36. The zero-order valence-electron chi connectivity index (χ0n) is 12.5. The van der Waals surface area contributed by atoms with Crippen LogP contribution in [-0.4, -0.2) is 55.8 Å². The van der Waals surface area contributed by atoms with Crippen molar-refractivity contribution in [1.29, 1.82) is 0 Å². The van der Waals surface area contributed by atoms with Crippen LogP contribution in [0.5, 0.6) is 0 Å². The topological polar surface area (TPSA) is 79.5 Å². The van der Waals surface area contributed by atoms with Gasteiger partial charge in [-0.1, -0.05) is 11.6 Å². The van der Waals surface area contributed by atoms with Crippen LogP contribution in [0.25, 0.3) is 0 Å². The molecular weight excluding hydrogens is 312 g/mol. The van der Waals surface area contributed by atoms with Gasteiger partial charge >= 0.3 is 0 Å². The molecule has 0 bridgehead atoms. The number of pyridine rings is 1. The number of hydrogen-bond donors (Lipinski definition) is 1. The van der Waals surface area contributed by atoms with Crippen molar-refractivity contribution in [3.05, 3.63) is 17.3 Å². The van der Waals surface area contributed by atoms with Gasteiger partial charge in [0, 0.05) is 25.3 Å². The van der Waals surface area contributed by atoms with Gasteiger partial charge in [-0.15, -0.1) is 0 Å². The number of likely N-dealkylation sites (N-methyl/N-ethyl adjacent to an activating group) is 2. The first-order chi connectivity index (χ1) is 9.69. The molecule has 8 heteroatoms. The van der Waals surface area contributed by atoms with Gasteiger partial charge in [-0.05, 0) is 39.4 Å². The molecule has 0 unspecified atom stereocenters. The summed E-state index contributed by atoms with van der Waals surface area (Å²) in [6, 6.07) is 1.35. The second kappa shape index (κ2) is 5.72. The molecule has 0 radical (unpaired) electrons. The molecule has 1 aromatic heterocycles. The highest BCUT2D eigenvalue weighted by Gasteiger charge is 2.42. The minimum Gasteiger partial charge on any atom is -0.382 e. The number of nitrogens with zero attached hydrogens (tertiary/aromatic N) is 3. The number of nitrogens with two attached hydrogens (primary N) is 1. The van der Waals surface area contributed by atoms with Crippen LogP contribution < -0.4 is 5.73 Å². The summed E-state index contributed by atoms with van der Waals surface area (Å²) in [5.74, 6) is 0.127. The van der Waals surface area contributed by atoms with E-state index in [1.807, 2.05) is 14.1 Å². The lowest BCUT2D eigenvalue weighted by atomic mass is 9.75. The highest BCUT2D eigenvalue weighted by molar-refractivity contribution is 7.89. The maximum Gasteiger partial charge on any atom is 0.244 e. The molecule has 1 aliphatic rings. The van der Waals surface area contributed by atoms with E-state index in [-0.39, 0.29) is 21.3 Å². The van der Waals surface area contributed by atoms with Crippen LogP contribution in [0.2, 0.25) is 5.02 Å². The molecule has 0 atom stereocenters. The van der Waals surface area contributed by atoms with E-state index < -0.39 is 10.0 Å². The Hall–Kier alpha value is -0.890. The third kappa shape index (κ3) is 3.01. The van der Waals surface area contributed by atoms with Gasteiger partial charge in [-0.3, -0.25) is 0 Å². The summed E-state index contributed by atoms with van der Waals surface area (Å²) in [4.78, 5) is 6.00. The second-order valence-electron chi connectivity index (χ2n) is 5.77. The standard InChI is InChI=1S/C13H21ClN4O2S/c1-17(2)13(5-4-6-13)9-18(3)21(19,20)10-7-11(14)12(15)16-8-10/h7-8H,4-6,9H2,1-3H3,(H2,15,16). The Morgan fingerprint density at radius 3 is 2.43 bits per heavy atom. The molecule has 1 heterocycles. The van der Waals surface area contributed by atoms with Gasteiger partial charge in [0.15, 0.2) is 0 Å². The van der Waals surface area contributed by atoms with E-state index in [1.54, 1.807) is 7.05 Å². The van der Waals surface area contributed by atoms with Gasteiger partial charge < -0.3 is 10.6 Å². The fraction of sp³-hybridized carbons (Fsp3) is 0.615. The van der Waals surface area contributed by atoms with E-state index >= 15 is 0 Å². The quantitative estimate of drug-likeness (QED) is 0.882. The molecule has 118 valence electrons. The Labute approximate surface area is 130 Å². The lowest BCUT2D eigenvalue weighted by Gasteiger charge is -2.48. The second-order valence-corrected chi connectivity index (χ2v) is 8.22. The van der Waals surface area contributed by atoms with E-state index in [4.69, 9.17) is 17.3 Å². The first kappa shape index (κ1) is 16.5. The van der Waals surface area contributed by atoms with Crippen LogP contribution in [-0.2, 0) is 10.0 Å². The molecule has 1 aliphatic carbocycles. The van der Waals surface area contributed by atoms with Crippen molar-refractivity contribution in [3.8, 4) is 0 Å². The van der Waals surface area contributed by atoms with Crippen molar-refractivity contribution in [2.75, 3.05) is 33.4 Å². The molecular formula is C13H21ClN4O2S. The molecule has 2 N–H and O–H groups in total. The van der Waals surface area contributed by atoms with E-state index in [9.17, 15) is 8.42 Å². The highest BCUT2D eigenvalue weighted by atomic mass is 35.5. The smallest absolute Gasteiger partial charge is 0.244 e. The van der Waals surface area contributed by atoms with Crippen molar-refractivity contribution in [3.63, 3.8) is 0 Å². The first-order valence-corrected chi connectivity index (χ1v) is 8.56. The highest BCUT2D eigenvalue weighted by Crippen LogP contribution is 2.37. The predicted molar refractivity (Wildman–Crippen MR) is 83.7 cm³/mol. The van der Waals surface area contributed by atoms with Crippen LogP contribution in [0.3, 0.4) is 0 Å². The third-order valence-corrected chi connectivity index (χ3v) is 6.37. The molecule has 0 aliphatic heterocycles. The Morgan fingerprint density at radius 1 is 1.38 bits per heavy atom. The maximum absolute atomic E-state index is 12.6. The Balaban J connectivity index is 2.24. The molecule has 21 heavy (non-hydrogen) atoms. The third-order valence-electron chi connectivity index (χ3n) is 4.30. The molecule has 1 saturated carbocycles. The number of rotatable bonds is 5. The van der Waals surface area contributed by atoms with Crippen LogP contribution in [0.15, 0.2) is 17.2 Å². The van der Waals surface area contributed by atoms with Gasteiger partial charge in [0.1, 0.15) is 10.7 Å². The minimum atomic E-state index is -3.62. The Bertz CT molecular complexity index is 629. The largest absolute Gasteiger partial charge is 0.382 e. The summed E-state index contributed by atoms with van der Waals surface area (Å²) in [7, 11) is 1.94. The van der Waals surface area contributed by atoms with E-state index in [0.29, 0.717) is 6.54 Å². The molecule has 1 aromatic rings. The van der Waals surface area contributed by atoms with Crippen molar-refractivity contribution in [2.45, 2.75) is 29.7 Å². The predicted octanol–water partition coefficient (Wildman–Crippen LogP) is 1.42.